The van der Waals surface area contributed by atoms with Gasteiger partial charge in [0.2, 0.25) is 0 Å². The molecule has 1 N–H and O–H groups in total. The van der Waals surface area contributed by atoms with Gasteiger partial charge in [0.1, 0.15) is 11.3 Å². The summed E-state index contributed by atoms with van der Waals surface area (Å²) >= 11 is 6.19. The van der Waals surface area contributed by atoms with Crippen LogP contribution < -0.4 is 5.32 Å². The molecule has 1 saturated heterocycles. The molecule has 2 aromatic rings. The van der Waals surface area contributed by atoms with Crippen LogP contribution in [0.5, 0.6) is 0 Å². The SMILES string of the molecule is Cn1c(C2CCCNC2)nc2c(Cl)cccc21. The summed E-state index contributed by atoms with van der Waals surface area (Å²) < 4.78 is 2.18. The number of nitrogens with one attached hydrogen (secondary N) is 1. The lowest BCUT2D eigenvalue weighted by Crippen LogP contribution is -2.29. The van der Waals surface area contributed by atoms with Crippen LogP contribution in [0, 0.1) is 0 Å². The second kappa shape index (κ2) is 4.31. The van der Waals surface area contributed by atoms with E-state index in [9.17, 15) is 0 Å². The normalized spacial score (nSPS) is 20.9. The van der Waals surface area contributed by atoms with E-state index < -0.39 is 0 Å². The first kappa shape index (κ1) is 11.1. The van der Waals surface area contributed by atoms with Crippen LogP contribution in [-0.2, 0) is 7.05 Å². The Morgan fingerprint density at radius 1 is 1.47 bits per heavy atom. The summed E-state index contributed by atoms with van der Waals surface area (Å²) in [5.74, 6) is 1.66. The standard InChI is InChI=1S/C13H16ClN3/c1-17-11-6-2-5-10(14)12(11)16-13(17)9-4-3-7-15-8-9/h2,5-6,9,15H,3-4,7-8H2,1H3. The molecule has 1 aromatic heterocycles. The van der Waals surface area contributed by atoms with Crippen LogP contribution in [0.15, 0.2) is 18.2 Å². The molecule has 1 aliphatic heterocycles. The van der Waals surface area contributed by atoms with Crippen LogP contribution in [0.1, 0.15) is 24.6 Å². The van der Waals surface area contributed by atoms with Gasteiger partial charge in [-0.05, 0) is 31.5 Å². The Morgan fingerprint density at radius 2 is 2.35 bits per heavy atom. The molecule has 1 fully saturated rings. The van der Waals surface area contributed by atoms with E-state index >= 15 is 0 Å². The number of nitrogens with zero attached hydrogens (tertiary/aromatic N) is 2. The van der Waals surface area contributed by atoms with E-state index in [-0.39, 0.29) is 0 Å². The number of aromatic nitrogens is 2. The van der Waals surface area contributed by atoms with Gasteiger partial charge in [0, 0.05) is 19.5 Å². The van der Waals surface area contributed by atoms with E-state index in [4.69, 9.17) is 16.6 Å². The van der Waals surface area contributed by atoms with Crippen molar-refractivity contribution in [3.05, 3.63) is 29.0 Å². The highest BCUT2D eigenvalue weighted by molar-refractivity contribution is 6.34. The van der Waals surface area contributed by atoms with Crippen molar-refractivity contribution in [1.29, 1.82) is 0 Å². The van der Waals surface area contributed by atoms with Gasteiger partial charge in [0.15, 0.2) is 0 Å². The van der Waals surface area contributed by atoms with Gasteiger partial charge in [0.05, 0.1) is 10.5 Å². The smallest absolute Gasteiger partial charge is 0.114 e. The first-order valence-electron chi connectivity index (χ1n) is 6.09. The zero-order valence-electron chi connectivity index (χ0n) is 9.91. The molecular weight excluding hydrogens is 234 g/mol. The van der Waals surface area contributed by atoms with Crippen LogP contribution in [-0.4, -0.2) is 22.6 Å². The molecule has 2 heterocycles. The van der Waals surface area contributed by atoms with E-state index in [1.54, 1.807) is 0 Å². The van der Waals surface area contributed by atoms with Gasteiger partial charge in [-0.3, -0.25) is 0 Å². The fraction of sp³-hybridized carbons (Fsp3) is 0.462. The molecule has 0 amide bonds. The summed E-state index contributed by atoms with van der Waals surface area (Å²) in [6.07, 6.45) is 2.43. The molecule has 0 saturated carbocycles. The van der Waals surface area contributed by atoms with Gasteiger partial charge in [0.25, 0.3) is 0 Å². The Bertz CT molecular complexity index is 541. The third-order valence-electron chi connectivity index (χ3n) is 3.56. The van der Waals surface area contributed by atoms with Gasteiger partial charge in [-0.25, -0.2) is 4.98 Å². The van der Waals surface area contributed by atoms with Gasteiger partial charge in [-0.15, -0.1) is 0 Å². The number of imidazole rings is 1. The topological polar surface area (TPSA) is 29.9 Å². The molecule has 1 atom stereocenters. The summed E-state index contributed by atoms with van der Waals surface area (Å²) in [7, 11) is 2.08. The lowest BCUT2D eigenvalue weighted by molar-refractivity contribution is 0.440. The van der Waals surface area contributed by atoms with Gasteiger partial charge in [-0.2, -0.15) is 0 Å². The highest BCUT2D eigenvalue weighted by Gasteiger charge is 2.21. The van der Waals surface area contributed by atoms with Crippen molar-refractivity contribution in [2.24, 2.45) is 7.05 Å². The molecule has 1 aliphatic rings. The van der Waals surface area contributed by atoms with Crippen molar-refractivity contribution in [3.63, 3.8) is 0 Å². The largest absolute Gasteiger partial charge is 0.331 e. The van der Waals surface area contributed by atoms with Crippen LogP contribution in [0.3, 0.4) is 0 Å². The zero-order chi connectivity index (χ0) is 11.8. The molecule has 17 heavy (non-hydrogen) atoms. The molecule has 90 valence electrons. The second-order valence-electron chi connectivity index (χ2n) is 4.68. The van der Waals surface area contributed by atoms with Gasteiger partial charge < -0.3 is 9.88 Å². The van der Waals surface area contributed by atoms with Gasteiger partial charge in [-0.1, -0.05) is 17.7 Å². The maximum absolute atomic E-state index is 6.19. The van der Waals surface area contributed by atoms with Crippen molar-refractivity contribution < 1.29 is 0 Å². The number of halogens is 1. The molecule has 0 bridgehead atoms. The summed E-state index contributed by atoms with van der Waals surface area (Å²) in [5.41, 5.74) is 2.05. The predicted octanol–water partition coefficient (Wildman–Crippen LogP) is 2.69. The average Bonchev–Trinajstić information content (AvgIpc) is 2.70. The number of para-hydroxylation sites is 1. The highest BCUT2D eigenvalue weighted by Crippen LogP contribution is 2.28. The Kier molecular flexibility index (Phi) is 2.81. The average molecular weight is 250 g/mol. The van der Waals surface area contributed by atoms with E-state index in [1.165, 1.54) is 12.8 Å². The van der Waals surface area contributed by atoms with Crippen molar-refractivity contribution in [2.75, 3.05) is 13.1 Å². The molecule has 0 spiro atoms. The molecule has 3 rings (SSSR count). The highest BCUT2D eigenvalue weighted by atomic mass is 35.5. The maximum Gasteiger partial charge on any atom is 0.114 e. The first-order valence-corrected chi connectivity index (χ1v) is 6.46. The fourth-order valence-corrected chi connectivity index (χ4v) is 2.85. The third-order valence-corrected chi connectivity index (χ3v) is 3.86. The van der Waals surface area contributed by atoms with Crippen LogP contribution >= 0.6 is 11.6 Å². The zero-order valence-corrected chi connectivity index (χ0v) is 10.7. The molecule has 0 aliphatic carbocycles. The summed E-state index contributed by atoms with van der Waals surface area (Å²) in [5, 5.41) is 4.18. The Hall–Kier alpha value is -1.06. The lowest BCUT2D eigenvalue weighted by Gasteiger charge is -2.22. The Morgan fingerprint density at radius 3 is 3.06 bits per heavy atom. The summed E-state index contributed by atoms with van der Waals surface area (Å²) in [4.78, 5) is 4.73. The first-order chi connectivity index (χ1) is 8.27. The summed E-state index contributed by atoms with van der Waals surface area (Å²) in [6.45, 7) is 2.15. The second-order valence-corrected chi connectivity index (χ2v) is 5.09. The summed E-state index contributed by atoms with van der Waals surface area (Å²) in [6, 6.07) is 5.96. The minimum atomic E-state index is 0.511. The third kappa shape index (κ3) is 1.83. The van der Waals surface area contributed by atoms with Crippen molar-refractivity contribution in [3.8, 4) is 0 Å². The van der Waals surface area contributed by atoms with E-state index in [0.717, 1.165) is 35.0 Å². The van der Waals surface area contributed by atoms with E-state index in [2.05, 4.69) is 23.0 Å². The number of rotatable bonds is 1. The van der Waals surface area contributed by atoms with Crippen molar-refractivity contribution in [2.45, 2.75) is 18.8 Å². The number of aryl methyl sites for hydroxylation is 1. The maximum atomic E-state index is 6.19. The fourth-order valence-electron chi connectivity index (χ4n) is 2.64. The number of fused-ring (bicyclic) bond motifs is 1. The number of benzene rings is 1. The Balaban J connectivity index is 2.10. The van der Waals surface area contributed by atoms with E-state index in [0.29, 0.717) is 5.92 Å². The minimum absolute atomic E-state index is 0.511. The lowest BCUT2D eigenvalue weighted by atomic mass is 9.99. The number of hydrogen-bond acceptors (Lipinski definition) is 2. The van der Waals surface area contributed by atoms with Crippen LogP contribution in [0.2, 0.25) is 5.02 Å². The van der Waals surface area contributed by atoms with Crippen LogP contribution in [0.4, 0.5) is 0 Å². The minimum Gasteiger partial charge on any atom is -0.331 e. The van der Waals surface area contributed by atoms with E-state index in [1.807, 2.05) is 12.1 Å². The molecule has 1 unspecified atom stereocenters. The molecule has 3 nitrogen and oxygen atoms in total. The molecule has 0 radical (unpaired) electrons. The van der Waals surface area contributed by atoms with Crippen LogP contribution in [0.25, 0.3) is 11.0 Å². The predicted molar refractivity (Wildman–Crippen MR) is 70.6 cm³/mol. The van der Waals surface area contributed by atoms with Gasteiger partial charge >= 0.3 is 0 Å². The molecule has 1 aromatic carbocycles. The molecule has 4 heteroatoms. The molecular formula is C13H16ClN3. The van der Waals surface area contributed by atoms with Crippen molar-refractivity contribution in [1.82, 2.24) is 14.9 Å². The Labute approximate surface area is 106 Å². The monoisotopic (exact) mass is 249 g/mol. The number of hydrogen-bond donors (Lipinski definition) is 1. The van der Waals surface area contributed by atoms with Crippen molar-refractivity contribution >= 4 is 22.6 Å². The quantitative estimate of drug-likeness (QED) is 0.842. The number of piperidine rings is 1.